The summed E-state index contributed by atoms with van der Waals surface area (Å²) in [5, 5.41) is 0. The Morgan fingerprint density at radius 1 is 1.11 bits per heavy atom. The lowest BCUT2D eigenvalue weighted by Gasteiger charge is -2.08. The molecule has 98 valence electrons. The second-order valence-corrected chi connectivity index (χ2v) is 5.55. The molecule has 0 saturated heterocycles. The van der Waals surface area contributed by atoms with E-state index in [2.05, 4.69) is 15.9 Å². The maximum absolute atomic E-state index is 13.2. The molecule has 0 spiro atoms. The van der Waals surface area contributed by atoms with Gasteiger partial charge in [0.25, 0.3) is 0 Å². The highest BCUT2D eigenvalue weighted by atomic mass is 79.9. The molecule has 0 aliphatic carbocycles. The maximum Gasteiger partial charge on any atom is 0.167 e. The Kier molecular flexibility index (Phi) is 4.15. The highest BCUT2D eigenvalue weighted by molar-refractivity contribution is 9.10. The minimum absolute atomic E-state index is 0.00694. The van der Waals surface area contributed by atoms with Crippen LogP contribution in [0.15, 0.2) is 40.9 Å². The Balaban J connectivity index is 2.30. The van der Waals surface area contributed by atoms with Gasteiger partial charge >= 0.3 is 0 Å². The first kappa shape index (κ1) is 13.9. The summed E-state index contributed by atoms with van der Waals surface area (Å²) in [6, 6.07) is 10.2. The molecule has 0 bridgehead atoms. The van der Waals surface area contributed by atoms with Gasteiger partial charge in [0.05, 0.1) is 0 Å². The molecule has 2 aromatic rings. The van der Waals surface area contributed by atoms with Crippen molar-refractivity contribution in [3.8, 4) is 0 Å². The summed E-state index contributed by atoms with van der Waals surface area (Å²) in [7, 11) is 0. The van der Waals surface area contributed by atoms with Crippen LogP contribution in [0.2, 0.25) is 0 Å². The first-order valence-corrected chi connectivity index (χ1v) is 6.81. The average molecular weight is 321 g/mol. The van der Waals surface area contributed by atoms with Crippen molar-refractivity contribution in [1.82, 2.24) is 0 Å². The Bertz CT molecular complexity index is 635. The fraction of sp³-hybridized carbons (Fsp3) is 0.188. The van der Waals surface area contributed by atoms with Gasteiger partial charge in [-0.3, -0.25) is 4.79 Å². The standard InChI is InChI=1S/C16H14BrFO/c1-10-4-6-14(18)7-12(10)8-16(19)15-9-13(17)5-3-11(15)2/h3-7,9H,8H2,1-2H3. The summed E-state index contributed by atoms with van der Waals surface area (Å²) >= 11 is 3.36. The highest BCUT2D eigenvalue weighted by Crippen LogP contribution is 2.19. The molecular weight excluding hydrogens is 307 g/mol. The zero-order valence-corrected chi connectivity index (χ0v) is 12.4. The minimum atomic E-state index is -0.306. The summed E-state index contributed by atoms with van der Waals surface area (Å²) in [6.07, 6.45) is 0.223. The molecule has 0 radical (unpaired) electrons. The van der Waals surface area contributed by atoms with Crippen molar-refractivity contribution in [2.24, 2.45) is 0 Å². The molecule has 0 unspecified atom stereocenters. The van der Waals surface area contributed by atoms with E-state index >= 15 is 0 Å². The first-order valence-electron chi connectivity index (χ1n) is 6.02. The van der Waals surface area contributed by atoms with Crippen molar-refractivity contribution in [2.45, 2.75) is 20.3 Å². The quantitative estimate of drug-likeness (QED) is 0.753. The van der Waals surface area contributed by atoms with Crippen LogP contribution in [0.4, 0.5) is 4.39 Å². The Labute approximate surface area is 120 Å². The number of benzene rings is 2. The molecule has 3 heteroatoms. The molecule has 0 aliphatic rings. The molecule has 0 aliphatic heterocycles. The number of carbonyl (C=O) groups excluding carboxylic acids is 1. The number of hydrogen-bond acceptors (Lipinski definition) is 1. The number of ketones is 1. The van der Waals surface area contributed by atoms with Crippen LogP contribution in [0.3, 0.4) is 0 Å². The van der Waals surface area contributed by atoms with Crippen molar-refractivity contribution in [2.75, 3.05) is 0 Å². The van der Waals surface area contributed by atoms with Crippen molar-refractivity contribution < 1.29 is 9.18 Å². The molecule has 2 rings (SSSR count). The van der Waals surface area contributed by atoms with E-state index in [4.69, 9.17) is 0 Å². The molecule has 0 amide bonds. The molecule has 0 aromatic heterocycles. The fourth-order valence-corrected chi connectivity index (χ4v) is 2.35. The Hall–Kier alpha value is -1.48. The van der Waals surface area contributed by atoms with Gasteiger partial charge in [-0.15, -0.1) is 0 Å². The summed E-state index contributed by atoms with van der Waals surface area (Å²) < 4.78 is 14.1. The van der Waals surface area contributed by atoms with E-state index in [-0.39, 0.29) is 18.0 Å². The highest BCUT2D eigenvalue weighted by Gasteiger charge is 2.12. The van der Waals surface area contributed by atoms with Crippen molar-refractivity contribution in [3.63, 3.8) is 0 Å². The van der Waals surface area contributed by atoms with E-state index in [1.54, 1.807) is 6.07 Å². The van der Waals surface area contributed by atoms with E-state index in [1.165, 1.54) is 12.1 Å². The number of halogens is 2. The van der Waals surface area contributed by atoms with Crippen molar-refractivity contribution in [3.05, 3.63) is 68.9 Å². The molecular formula is C16H14BrFO. The van der Waals surface area contributed by atoms with Gasteiger partial charge in [-0.25, -0.2) is 4.39 Å². The fourth-order valence-electron chi connectivity index (χ4n) is 1.99. The predicted molar refractivity (Wildman–Crippen MR) is 78.1 cm³/mol. The summed E-state index contributed by atoms with van der Waals surface area (Å²) in [4.78, 5) is 12.3. The largest absolute Gasteiger partial charge is 0.294 e. The normalized spacial score (nSPS) is 10.5. The molecule has 0 N–H and O–H groups in total. The van der Waals surface area contributed by atoms with Gasteiger partial charge in [0.15, 0.2) is 5.78 Å². The van der Waals surface area contributed by atoms with Crippen LogP contribution in [-0.4, -0.2) is 5.78 Å². The predicted octanol–water partition coefficient (Wildman–Crippen LogP) is 4.63. The van der Waals surface area contributed by atoms with E-state index in [1.807, 2.05) is 32.0 Å². The third-order valence-corrected chi connectivity index (χ3v) is 3.66. The second kappa shape index (κ2) is 5.66. The summed E-state index contributed by atoms with van der Waals surface area (Å²) in [5.41, 5.74) is 3.28. The third kappa shape index (κ3) is 3.29. The zero-order chi connectivity index (χ0) is 14.0. The molecule has 0 heterocycles. The minimum Gasteiger partial charge on any atom is -0.294 e. The van der Waals surface area contributed by atoms with E-state index in [0.717, 1.165) is 21.2 Å². The van der Waals surface area contributed by atoms with Gasteiger partial charge in [0.2, 0.25) is 0 Å². The SMILES string of the molecule is Cc1ccc(F)cc1CC(=O)c1cc(Br)ccc1C. The van der Waals surface area contributed by atoms with Crippen LogP contribution in [-0.2, 0) is 6.42 Å². The van der Waals surface area contributed by atoms with Crippen molar-refractivity contribution in [1.29, 1.82) is 0 Å². The number of hydrogen-bond donors (Lipinski definition) is 0. The number of rotatable bonds is 3. The lowest BCUT2D eigenvalue weighted by atomic mass is 9.97. The van der Waals surface area contributed by atoms with E-state index in [9.17, 15) is 9.18 Å². The summed E-state index contributed by atoms with van der Waals surface area (Å²) in [5.74, 6) is -0.299. The van der Waals surface area contributed by atoms with E-state index in [0.29, 0.717) is 5.56 Å². The lowest BCUT2D eigenvalue weighted by Crippen LogP contribution is -2.07. The molecule has 19 heavy (non-hydrogen) atoms. The van der Waals surface area contributed by atoms with Gasteiger partial charge in [-0.2, -0.15) is 0 Å². The Morgan fingerprint density at radius 3 is 2.53 bits per heavy atom. The van der Waals surface area contributed by atoms with Crippen LogP contribution in [0.1, 0.15) is 27.0 Å². The van der Waals surface area contributed by atoms with Crippen LogP contribution < -0.4 is 0 Å². The number of carbonyl (C=O) groups is 1. The van der Waals surface area contributed by atoms with E-state index < -0.39 is 0 Å². The first-order chi connectivity index (χ1) is 8.97. The van der Waals surface area contributed by atoms with Gasteiger partial charge in [0, 0.05) is 16.5 Å². The number of aryl methyl sites for hydroxylation is 2. The van der Waals surface area contributed by atoms with Gasteiger partial charge in [-0.1, -0.05) is 28.1 Å². The summed E-state index contributed by atoms with van der Waals surface area (Å²) in [6.45, 7) is 3.79. The maximum atomic E-state index is 13.2. The van der Waals surface area contributed by atoms with Crippen LogP contribution in [0.25, 0.3) is 0 Å². The smallest absolute Gasteiger partial charge is 0.167 e. The zero-order valence-electron chi connectivity index (χ0n) is 10.8. The second-order valence-electron chi connectivity index (χ2n) is 4.63. The molecule has 2 aromatic carbocycles. The lowest BCUT2D eigenvalue weighted by molar-refractivity contribution is 0.0992. The van der Waals surface area contributed by atoms with Crippen LogP contribution in [0.5, 0.6) is 0 Å². The van der Waals surface area contributed by atoms with Crippen LogP contribution >= 0.6 is 15.9 Å². The van der Waals surface area contributed by atoms with Crippen LogP contribution in [0, 0.1) is 19.7 Å². The van der Waals surface area contributed by atoms with Gasteiger partial charge < -0.3 is 0 Å². The number of Topliss-reactive ketones (excluding diaryl/α,β-unsaturated/α-hetero) is 1. The van der Waals surface area contributed by atoms with Gasteiger partial charge in [0.1, 0.15) is 5.82 Å². The van der Waals surface area contributed by atoms with Gasteiger partial charge in [-0.05, 0) is 54.8 Å². The molecule has 0 saturated carbocycles. The molecule has 0 fully saturated rings. The molecule has 1 nitrogen and oxygen atoms in total. The monoisotopic (exact) mass is 320 g/mol. The van der Waals surface area contributed by atoms with Crippen molar-refractivity contribution >= 4 is 21.7 Å². The third-order valence-electron chi connectivity index (χ3n) is 3.16. The average Bonchev–Trinajstić information content (AvgIpc) is 2.36. The molecule has 0 atom stereocenters. The Morgan fingerprint density at radius 2 is 1.79 bits per heavy atom. The topological polar surface area (TPSA) is 17.1 Å².